The van der Waals surface area contributed by atoms with E-state index < -0.39 is 6.23 Å². The van der Waals surface area contributed by atoms with Gasteiger partial charge < -0.3 is 10.8 Å². The van der Waals surface area contributed by atoms with E-state index in [9.17, 15) is 0 Å². The SMILES string of the molecule is [N-]=[N+]=NCC(N)O. The first-order chi connectivity index (χ1) is 3.27. The van der Waals surface area contributed by atoms with Gasteiger partial charge in [-0.2, -0.15) is 0 Å². The first-order valence-corrected chi connectivity index (χ1v) is 1.72. The Labute approximate surface area is 40.4 Å². The van der Waals surface area contributed by atoms with E-state index in [0.717, 1.165) is 0 Å². The van der Waals surface area contributed by atoms with Crippen molar-refractivity contribution in [3.8, 4) is 0 Å². The third-order valence-electron chi connectivity index (χ3n) is 0.332. The van der Waals surface area contributed by atoms with Crippen molar-refractivity contribution in [2.24, 2.45) is 10.8 Å². The standard InChI is InChI=1S/C2H6N4O/c3-2(7)1-5-6-4/h2,7H,1,3H2. The van der Waals surface area contributed by atoms with Gasteiger partial charge in [-0.3, -0.25) is 0 Å². The van der Waals surface area contributed by atoms with Crippen LogP contribution < -0.4 is 5.73 Å². The van der Waals surface area contributed by atoms with Crippen molar-refractivity contribution in [2.45, 2.75) is 6.23 Å². The minimum atomic E-state index is -1.02. The molecule has 5 heteroatoms. The lowest BCUT2D eigenvalue weighted by atomic mass is 10.6. The molecule has 0 aliphatic carbocycles. The molecule has 0 aromatic heterocycles. The molecule has 0 aliphatic rings. The van der Waals surface area contributed by atoms with Crippen molar-refractivity contribution in [3.05, 3.63) is 10.4 Å². The maximum absolute atomic E-state index is 8.20. The van der Waals surface area contributed by atoms with E-state index in [1.165, 1.54) is 0 Å². The van der Waals surface area contributed by atoms with Gasteiger partial charge in [0.15, 0.2) is 0 Å². The molecule has 0 saturated heterocycles. The minimum absolute atomic E-state index is 0.0590. The maximum Gasteiger partial charge on any atom is 0.108 e. The van der Waals surface area contributed by atoms with Crippen LogP contribution in [0.4, 0.5) is 0 Å². The van der Waals surface area contributed by atoms with Crippen LogP contribution >= 0.6 is 0 Å². The Bertz CT molecular complexity index is 83.7. The van der Waals surface area contributed by atoms with Crippen LogP contribution in [0.3, 0.4) is 0 Å². The van der Waals surface area contributed by atoms with Gasteiger partial charge in [0, 0.05) is 4.91 Å². The number of azide groups is 1. The lowest BCUT2D eigenvalue weighted by Crippen LogP contribution is -2.21. The van der Waals surface area contributed by atoms with E-state index in [1.807, 2.05) is 0 Å². The molecule has 0 radical (unpaired) electrons. The first-order valence-electron chi connectivity index (χ1n) is 1.72. The van der Waals surface area contributed by atoms with Crippen molar-refractivity contribution in [1.29, 1.82) is 0 Å². The molecule has 0 aliphatic heterocycles. The summed E-state index contributed by atoms with van der Waals surface area (Å²) in [6.45, 7) is -0.0590. The highest BCUT2D eigenvalue weighted by molar-refractivity contribution is 4.49. The van der Waals surface area contributed by atoms with Gasteiger partial charge in [-0.1, -0.05) is 5.11 Å². The zero-order chi connectivity index (χ0) is 5.70. The molecule has 0 amide bonds. The molecular formula is C2H6N4O. The molecule has 5 nitrogen and oxygen atoms in total. The summed E-state index contributed by atoms with van der Waals surface area (Å²) in [6.07, 6.45) is -1.02. The number of aliphatic hydroxyl groups is 1. The summed E-state index contributed by atoms with van der Waals surface area (Å²) in [5, 5.41) is 11.2. The van der Waals surface area contributed by atoms with Crippen molar-refractivity contribution >= 4 is 0 Å². The molecular weight excluding hydrogens is 96.0 g/mol. The summed E-state index contributed by atoms with van der Waals surface area (Å²) >= 11 is 0. The Morgan fingerprint density at radius 1 is 2.00 bits per heavy atom. The molecule has 1 atom stereocenters. The van der Waals surface area contributed by atoms with Crippen LogP contribution in [0, 0.1) is 0 Å². The fourth-order valence-electron chi connectivity index (χ4n) is 0.120. The Morgan fingerprint density at radius 3 is 2.71 bits per heavy atom. The predicted octanol–water partition coefficient (Wildman–Crippen LogP) is -0.426. The zero-order valence-electron chi connectivity index (χ0n) is 3.65. The quantitative estimate of drug-likeness (QED) is 0.214. The normalized spacial score (nSPS) is 12.3. The monoisotopic (exact) mass is 102 g/mol. The van der Waals surface area contributed by atoms with Crippen LogP contribution in [-0.2, 0) is 0 Å². The molecule has 0 spiro atoms. The highest BCUT2D eigenvalue weighted by Crippen LogP contribution is 1.71. The largest absolute Gasteiger partial charge is 0.379 e. The molecule has 1 unspecified atom stereocenters. The Balaban J connectivity index is 3.13. The lowest BCUT2D eigenvalue weighted by molar-refractivity contribution is 0.191. The summed E-state index contributed by atoms with van der Waals surface area (Å²) in [4.78, 5) is 2.36. The van der Waals surface area contributed by atoms with Crippen LogP contribution in [0.5, 0.6) is 0 Å². The van der Waals surface area contributed by atoms with Gasteiger partial charge in [-0.15, -0.1) is 0 Å². The first kappa shape index (κ1) is 6.23. The smallest absolute Gasteiger partial charge is 0.108 e. The second-order valence-electron chi connectivity index (χ2n) is 0.981. The van der Waals surface area contributed by atoms with E-state index in [4.69, 9.17) is 16.4 Å². The summed E-state index contributed by atoms with van der Waals surface area (Å²) in [6, 6.07) is 0. The highest BCUT2D eigenvalue weighted by Gasteiger charge is 1.86. The molecule has 0 fully saturated rings. The zero-order valence-corrected chi connectivity index (χ0v) is 3.65. The molecule has 7 heavy (non-hydrogen) atoms. The molecule has 0 aromatic rings. The summed E-state index contributed by atoms with van der Waals surface area (Å²) in [5.74, 6) is 0. The van der Waals surface area contributed by atoms with Gasteiger partial charge in [0.2, 0.25) is 0 Å². The minimum Gasteiger partial charge on any atom is -0.379 e. The van der Waals surface area contributed by atoms with Crippen LogP contribution in [-0.4, -0.2) is 17.9 Å². The molecule has 0 saturated carbocycles. The highest BCUT2D eigenvalue weighted by atomic mass is 16.3. The predicted molar refractivity (Wildman–Crippen MR) is 24.2 cm³/mol. The second kappa shape index (κ2) is 3.42. The molecule has 0 bridgehead atoms. The fraction of sp³-hybridized carbons (Fsp3) is 1.00. The van der Waals surface area contributed by atoms with E-state index in [-0.39, 0.29) is 6.54 Å². The van der Waals surface area contributed by atoms with Crippen LogP contribution in [0.25, 0.3) is 10.4 Å². The van der Waals surface area contributed by atoms with Crippen molar-refractivity contribution in [2.75, 3.05) is 6.54 Å². The third-order valence-corrected chi connectivity index (χ3v) is 0.332. The van der Waals surface area contributed by atoms with Crippen molar-refractivity contribution in [1.82, 2.24) is 0 Å². The third kappa shape index (κ3) is 5.23. The van der Waals surface area contributed by atoms with Crippen LogP contribution in [0.15, 0.2) is 5.11 Å². The van der Waals surface area contributed by atoms with E-state index in [0.29, 0.717) is 0 Å². The average molecular weight is 102 g/mol. The number of hydrogen-bond acceptors (Lipinski definition) is 3. The van der Waals surface area contributed by atoms with Crippen LogP contribution in [0.1, 0.15) is 0 Å². The fourth-order valence-corrected chi connectivity index (χ4v) is 0.120. The molecule has 3 N–H and O–H groups in total. The van der Waals surface area contributed by atoms with Gasteiger partial charge in [0.1, 0.15) is 6.23 Å². The lowest BCUT2D eigenvalue weighted by Gasteiger charge is -1.92. The Kier molecular flexibility index (Phi) is 3.04. The number of rotatable bonds is 2. The van der Waals surface area contributed by atoms with Gasteiger partial charge in [-0.05, 0) is 5.53 Å². The number of nitrogens with zero attached hydrogens (tertiary/aromatic N) is 3. The van der Waals surface area contributed by atoms with Gasteiger partial charge in [0.05, 0.1) is 6.54 Å². The molecule has 0 heterocycles. The van der Waals surface area contributed by atoms with Crippen molar-refractivity contribution < 1.29 is 5.11 Å². The topological polar surface area (TPSA) is 95.0 Å². The van der Waals surface area contributed by atoms with Crippen LogP contribution in [0.2, 0.25) is 0 Å². The number of nitrogens with two attached hydrogens (primary N) is 1. The van der Waals surface area contributed by atoms with Gasteiger partial charge in [-0.25, -0.2) is 0 Å². The van der Waals surface area contributed by atoms with E-state index in [2.05, 4.69) is 10.0 Å². The van der Waals surface area contributed by atoms with Gasteiger partial charge >= 0.3 is 0 Å². The number of hydrogen-bond donors (Lipinski definition) is 2. The van der Waals surface area contributed by atoms with E-state index in [1.54, 1.807) is 0 Å². The summed E-state index contributed by atoms with van der Waals surface area (Å²) in [7, 11) is 0. The van der Waals surface area contributed by atoms with Crippen molar-refractivity contribution in [3.63, 3.8) is 0 Å². The Morgan fingerprint density at radius 2 is 2.57 bits per heavy atom. The van der Waals surface area contributed by atoms with E-state index >= 15 is 0 Å². The average Bonchev–Trinajstić information content (AvgIpc) is 1.61. The Hall–Kier alpha value is -0.770. The van der Waals surface area contributed by atoms with Gasteiger partial charge in [0.25, 0.3) is 0 Å². The molecule has 40 valence electrons. The second-order valence-corrected chi connectivity index (χ2v) is 0.981. The molecule has 0 aromatic carbocycles. The molecule has 0 rings (SSSR count). The summed E-state index contributed by atoms with van der Waals surface area (Å²) < 4.78 is 0. The summed E-state index contributed by atoms with van der Waals surface area (Å²) in [5.41, 5.74) is 12.4. The number of aliphatic hydroxyl groups excluding tert-OH is 1. The maximum atomic E-state index is 8.20.